The molecule has 0 radical (unpaired) electrons. The Morgan fingerprint density at radius 3 is 2.26 bits per heavy atom. The van der Waals surface area contributed by atoms with Gasteiger partial charge in [-0.15, -0.1) is 0 Å². The third-order valence-electron chi connectivity index (χ3n) is 6.35. The van der Waals surface area contributed by atoms with E-state index in [1.165, 1.54) is 39.2 Å². The van der Waals surface area contributed by atoms with E-state index in [-0.39, 0.29) is 6.71 Å². The molecule has 0 spiro atoms. The Hall–Kier alpha value is -3.46. The van der Waals surface area contributed by atoms with Crippen LogP contribution in [0.25, 0.3) is 0 Å². The van der Waals surface area contributed by atoms with Gasteiger partial charge in [-0.1, -0.05) is 66.6 Å². The molecule has 2 aromatic carbocycles. The summed E-state index contributed by atoms with van der Waals surface area (Å²) in [4.78, 5) is 4.72. The highest BCUT2D eigenvalue weighted by atomic mass is 15.2. The molecule has 31 heavy (non-hydrogen) atoms. The Labute approximate surface area is 187 Å². The Bertz CT molecular complexity index is 1160. The molecule has 0 atom stereocenters. The van der Waals surface area contributed by atoms with Crippen LogP contribution in [0.2, 0.25) is 0 Å². The van der Waals surface area contributed by atoms with Crippen LogP contribution < -0.4 is 15.3 Å². The van der Waals surface area contributed by atoms with Crippen molar-refractivity contribution >= 4 is 29.2 Å². The van der Waals surface area contributed by atoms with Gasteiger partial charge in [0.15, 0.2) is 0 Å². The van der Waals surface area contributed by atoms with Crippen LogP contribution in [-0.4, -0.2) is 6.71 Å². The number of anilines is 3. The fourth-order valence-electron chi connectivity index (χ4n) is 4.92. The van der Waals surface area contributed by atoms with Crippen molar-refractivity contribution in [3.8, 4) is 0 Å². The van der Waals surface area contributed by atoms with Crippen molar-refractivity contribution < 1.29 is 0 Å². The first kappa shape index (κ1) is 20.8. The molecule has 2 aliphatic heterocycles. The highest BCUT2D eigenvalue weighted by Gasteiger charge is 2.41. The fraction of sp³-hybridized carbons (Fsp3) is 0.143. The van der Waals surface area contributed by atoms with Gasteiger partial charge in [-0.2, -0.15) is 0 Å². The smallest absolute Gasteiger partial charge is 0.246 e. The molecular formula is C28H29BN2. The Kier molecular flexibility index (Phi) is 5.60. The summed E-state index contributed by atoms with van der Waals surface area (Å²) in [6.07, 6.45) is 10.2. The van der Waals surface area contributed by atoms with Gasteiger partial charge < -0.3 is 9.80 Å². The average Bonchev–Trinajstić information content (AvgIpc) is 2.78. The molecule has 0 fully saturated rings. The number of nitrogens with zero attached hydrogens (tertiary/aromatic N) is 2. The number of allylic oxidation sites excluding steroid dienone is 9. The van der Waals surface area contributed by atoms with Crippen LogP contribution in [0.3, 0.4) is 0 Å². The predicted octanol–water partition coefficient (Wildman–Crippen LogP) is 6.84. The maximum Gasteiger partial charge on any atom is 0.246 e. The molecule has 0 aliphatic carbocycles. The molecule has 0 amide bonds. The van der Waals surface area contributed by atoms with E-state index in [2.05, 4.69) is 117 Å². The minimum Gasteiger partial charge on any atom is -0.316 e. The molecule has 0 saturated heterocycles. The molecule has 0 N–H and O–H groups in total. The molecule has 2 heterocycles. The molecule has 2 aromatic rings. The lowest BCUT2D eigenvalue weighted by Crippen LogP contribution is -2.50. The van der Waals surface area contributed by atoms with Gasteiger partial charge in [-0.3, -0.25) is 0 Å². The maximum atomic E-state index is 4.20. The topological polar surface area (TPSA) is 6.48 Å². The number of hydrogen-bond acceptors (Lipinski definition) is 2. The van der Waals surface area contributed by atoms with Gasteiger partial charge in [-0.25, -0.2) is 0 Å². The van der Waals surface area contributed by atoms with Crippen molar-refractivity contribution in [1.82, 2.24) is 0 Å². The quantitative estimate of drug-likeness (QED) is 0.398. The summed E-state index contributed by atoms with van der Waals surface area (Å²) >= 11 is 0. The molecular weight excluding hydrogens is 375 g/mol. The molecule has 3 heteroatoms. The SMILES string of the molecule is C=C/C=C(\C=C/C)N1C(C)=C(C)B2C(C=C)=C(C)N(c3ccccc3)c3cccc1c32. The largest absolute Gasteiger partial charge is 0.316 e. The van der Waals surface area contributed by atoms with Crippen LogP contribution in [0.4, 0.5) is 17.1 Å². The third-order valence-corrected chi connectivity index (χ3v) is 6.35. The summed E-state index contributed by atoms with van der Waals surface area (Å²) in [5.74, 6) is 0. The third kappa shape index (κ3) is 3.21. The van der Waals surface area contributed by atoms with Crippen LogP contribution in [0, 0.1) is 0 Å². The monoisotopic (exact) mass is 404 g/mol. The van der Waals surface area contributed by atoms with Gasteiger partial charge in [0.25, 0.3) is 0 Å². The normalized spacial score (nSPS) is 16.3. The first-order chi connectivity index (χ1) is 15.0. The Morgan fingerprint density at radius 1 is 0.903 bits per heavy atom. The van der Waals surface area contributed by atoms with E-state index in [0.29, 0.717) is 0 Å². The Balaban J connectivity index is 2.06. The molecule has 4 rings (SSSR count). The Morgan fingerprint density at radius 2 is 1.61 bits per heavy atom. The zero-order valence-electron chi connectivity index (χ0n) is 18.9. The first-order valence-corrected chi connectivity index (χ1v) is 10.8. The standard InChI is InChI=1S/C28H29BN2/c1-7-14-23(15-8-2)30-21(5)20(4)29-25(9-3)22(6)31(24-16-11-10-12-17-24)27-19-13-18-26(30)28(27)29/h7-19H,1,3H2,2,4-6H3/b15-8-,23-14+. The van der Waals surface area contributed by atoms with E-state index in [0.717, 1.165) is 11.4 Å². The molecule has 0 saturated carbocycles. The van der Waals surface area contributed by atoms with E-state index < -0.39 is 0 Å². The van der Waals surface area contributed by atoms with Gasteiger partial charge in [0, 0.05) is 34.2 Å². The van der Waals surface area contributed by atoms with Crippen molar-refractivity contribution in [2.45, 2.75) is 27.7 Å². The fourth-order valence-corrected chi connectivity index (χ4v) is 4.92. The van der Waals surface area contributed by atoms with Crippen molar-refractivity contribution in [3.05, 3.63) is 120 Å². The second kappa shape index (κ2) is 8.35. The number of rotatable bonds is 5. The molecule has 2 aliphatic rings. The highest BCUT2D eigenvalue weighted by Crippen LogP contribution is 2.43. The van der Waals surface area contributed by atoms with Gasteiger partial charge in [-0.05, 0) is 69.6 Å². The minimum absolute atomic E-state index is 0.204. The van der Waals surface area contributed by atoms with E-state index >= 15 is 0 Å². The van der Waals surface area contributed by atoms with Crippen molar-refractivity contribution in [2.24, 2.45) is 0 Å². The summed E-state index contributed by atoms with van der Waals surface area (Å²) in [5, 5.41) is 0. The van der Waals surface area contributed by atoms with Crippen LogP contribution in [0.5, 0.6) is 0 Å². The van der Waals surface area contributed by atoms with Gasteiger partial charge >= 0.3 is 0 Å². The molecule has 0 bridgehead atoms. The summed E-state index contributed by atoms with van der Waals surface area (Å²) < 4.78 is 0. The first-order valence-electron chi connectivity index (χ1n) is 10.8. The zero-order valence-corrected chi connectivity index (χ0v) is 18.9. The van der Waals surface area contributed by atoms with E-state index in [4.69, 9.17) is 0 Å². The predicted molar refractivity (Wildman–Crippen MR) is 137 cm³/mol. The lowest BCUT2D eigenvalue weighted by Gasteiger charge is -2.44. The second-order valence-electron chi connectivity index (χ2n) is 7.99. The lowest BCUT2D eigenvalue weighted by atomic mass is 9.33. The summed E-state index contributed by atoms with van der Waals surface area (Å²) in [5.41, 5.74) is 11.1. The van der Waals surface area contributed by atoms with Crippen molar-refractivity contribution in [1.29, 1.82) is 0 Å². The van der Waals surface area contributed by atoms with Crippen molar-refractivity contribution in [3.63, 3.8) is 0 Å². The van der Waals surface area contributed by atoms with E-state index in [1.807, 2.05) is 12.2 Å². The van der Waals surface area contributed by atoms with E-state index in [9.17, 15) is 0 Å². The second-order valence-corrected chi connectivity index (χ2v) is 7.99. The molecule has 0 unspecified atom stereocenters. The number of hydrogen-bond donors (Lipinski definition) is 0. The van der Waals surface area contributed by atoms with E-state index in [1.54, 1.807) is 0 Å². The average molecular weight is 404 g/mol. The van der Waals surface area contributed by atoms with Crippen LogP contribution in [0.15, 0.2) is 120 Å². The summed E-state index contributed by atoms with van der Waals surface area (Å²) in [6.45, 7) is 17.1. The number of benzene rings is 2. The summed E-state index contributed by atoms with van der Waals surface area (Å²) in [6, 6.07) is 17.2. The zero-order chi connectivity index (χ0) is 22.1. The lowest BCUT2D eigenvalue weighted by molar-refractivity contribution is 1.06. The molecule has 154 valence electrons. The minimum atomic E-state index is 0.204. The molecule has 2 nitrogen and oxygen atoms in total. The highest BCUT2D eigenvalue weighted by molar-refractivity contribution is 6.89. The molecule has 0 aromatic heterocycles. The van der Waals surface area contributed by atoms with Crippen LogP contribution >= 0.6 is 0 Å². The number of para-hydroxylation sites is 1. The van der Waals surface area contributed by atoms with Crippen LogP contribution in [0.1, 0.15) is 27.7 Å². The van der Waals surface area contributed by atoms with Gasteiger partial charge in [0.05, 0.1) is 0 Å². The van der Waals surface area contributed by atoms with Gasteiger partial charge in [0.2, 0.25) is 6.71 Å². The van der Waals surface area contributed by atoms with Crippen molar-refractivity contribution in [2.75, 3.05) is 9.80 Å². The van der Waals surface area contributed by atoms with Crippen LogP contribution in [-0.2, 0) is 0 Å². The van der Waals surface area contributed by atoms with Gasteiger partial charge in [0.1, 0.15) is 0 Å². The maximum absolute atomic E-state index is 4.20. The summed E-state index contributed by atoms with van der Waals surface area (Å²) in [7, 11) is 0.